The van der Waals surface area contributed by atoms with Gasteiger partial charge in [-0.3, -0.25) is 0 Å². The summed E-state index contributed by atoms with van der Waals surface area (Å²) in [5.41, 5.74) is 7.43. The Hall–Kier alpha value is -1.13. The smallest absolute Gasteiger partial charge is 0.137 e. The largest absolute Gasteiger partial charge is 0.459 e. The first-order valence-electron chi connectivity index (χ1n) is 5.30. The van der Waals surface area contributed by atoms with Crippen LogP contribution in [0.1, 0.15) is 24.3 Å². The maximum Gasteiger partial charge on any atom is 0.137 e. The molecule has 1 unspecified atom stereocenters. The van der Waals surface area contributed by atoms with Crippen molar-refractivity contribution in [2.45, 2.75) is 19.9 Å². The molecule has 0 spiro atoms. The fourth-order valence-electron chi connectivity index (χ4n) is 1.65. The van der Waals surface area contributed by atoms with E-state index in [2.05, 4.69) is 15.9 Å². The van der Waals surface area contributed by atoms with Crippen LogP contribution in [0.15, 0.2) is 33.2 Å². The fourth-order valence-corrected chi connectivity index (χ4v) is 2.00. The summed E-state index contributed by atoms with van der Waals surface area (Å²) < 4.78 is 19.4. The Kier molecular flexibility index (Phi) is 3.35. The number of rotatable bonds is 2. The van der Waals surface area contributed by atoms with E-state index in [0.29, 0.717) is 10.2 Å². The molecule has 0 fully saturated rings. The first kappa shape index (κ1) is 12.3. The van der Waals surface area contributed by atoms with Crippen LogP contribution in [0.2, 0.25) is 0 Å². The summed E-state index contributed by atoms with van der Waals surface area (Å²) in [6.07, 6.45) is 0. The maximum atomic E-state index is 13.3. The van der Waals surface area contributed by atoms with Crippen molar-refractivity contribution in [3.63, 3.8) is 0 Å². The monoisotopic (exact) mass is 297 g/mol. The van der Waals surface area contributed by atoms with E-state index in [0.717, 1.165) is 16.9 Å². The predicted molar refractivity (Wildman–Crippen MR) is 69.1 cm³/mol. The number of furan rings is 1. The number of hydrogen-bond acceptors (Lipinski definition) is 2. The van der Waals surface area contributed by atoms with Gasteiger partial charge in [0.05, 0.1) is 10.5 Å². The lowest BCUT2D eigenvalue weighted by molar-refractivity contribution is 0.490. The highest BCUT2D eigenvalue weighted by atomic mass is 79.9. The second-order valence-electron chi connectivity index (χ2n) is 4.07. The van der Waals surface area contributed by atoms with Gasteiger partial charge in [0.15, 0.2) is 0 Å². The third-order valence-electron chi connectivity index (χ3n) is 2.61. The van der Waals surface area contributed by atoms with Crippen LogP contribution < -0.4 is 5.73 Å². The number of benzene rings is 1. The van der Waals surface area contributed by atoms with Crippen molar-refractivity contribution >= 4 is 15.9 Å². The highest BCUT2D eigenvalue weighted by Gasteiger charge is 2.12. The quantitative estimate of drug-likeness (QED) is 0.903. The van der Waals surface area contributed by atoms with Crippen LogP contribution in [0.5, 0.6) is 0 Å². The molecule has 1 heterocycles. The summed E-state index contributed by atoms with van der Waals surface area (Å²) in [6.45, 7) is 3.70. The molecule has 0 saturated heterocycles. The molecule has 2 rings (SSSR count). The van der Waals surface area contributed by atoms with Gasteiger partial charge in [0.25, 0.3) is 0 Å². The average Bonchev–Trinajstić information content (AvgIpc) is 2.72. The molecule has 1 atom stereocenters. The summed E-state index contributed by atoms with van der Waals surface area (Å²) in [5, 5.41) is 0. The van der Waals surface area contributed by atoms with Gasteiger partial charge in [-0.25, -0.2) is 4.39 Å². The molecule has 0 aliphatic carbocycles. The van der Waals surface area contributed by atoms with E-state index in [1.54, 1.807) is 6.07 Å². The molecule has 2 N–H and O–H groups in total. The van der Waals surface area contributed by atoms with Crippen molar-refractivity contribution in [2.24, 2.45) is 5.73 Å². The summed E-state index contributed by atoms with van der Waals surface area (Å²) in [6, 6.07) is 6.75. The molecular formula is C13H13BrFNO. The third-order valence-corrected chi connectivity index (χ3v) is 3.22. The van der Waals surface area contributed by atoms with E-state index in [4.69, 9.17) is 10.2 Å². The second-order valence-corrected chi connectivity index (χ2v) is 4.93. The number of halogens is 2. The summed E-state index contributed by atoms with van der Waals surface area (Å²) in [7, 11) is 0. The first-order chi connectivity index (χ1) is 7.99. The van der Waals surface area contributed by atoms with E-state index in [9.17, 15) is 4.39 Å². The lowest BCUT2D eigenvalue weighted by atomic mass is 10.1. The summed E-state index contributed by atoms with van der Waals surface area (Å²) >= 11 is 3.17. The van der Waals surface area contributed by atoms with Gasteiger partial charge in [-0.2, -0.15) is 0 Å². The van der Waals surface area contributed by atoms with Crippen molar-refractivity contribution in [1.29, 1.82) is 0 Å². The van der Waals surface area contributed by atoms with Crippen molar-refractivity contribution in [1.82, 2.24) is 0 Å². The number of nitrogens with two attached hydrogens (primary N) is 1. The van der Waals surface area contributed by atoms with Crippen molar-refractivity contribution in [2.75, 3.05) is 0 Å². The predicted octanol–water partition coefficient (Wildman–Crippen LogP) is 4.18. The molecule has 17 heavy (non-hydrogen) atoms. The molecule has 0 aliphatic rings. The number of aryl methyl sites for hydroxylation is 1. The van der Waals surface area contributed by atoms with Gasteiger partial charge < -0.3 is 10.2 Å². The van der Waals surface area contributed by atoms with E-state index >= 15 is 0 Å². The molecule has 4 heteroatoms. The molecule has 0 aliphatic heterocycles. The SMILES string of the molecule is Cc1cc(F)c(Br)cc1-c1ccc(C(C)N)o1. The van der Waals surface area contributed by atoms with Gasteiger partial charge in [-0.1, -0.05) is 0 Å². The van der Waals surface area contributed by atoms with Crippen LogP contribution in [0.4, 0.5) is 4.39 Å². The van der Waals surface area contributed by atoms with E-state index in [1.807, 2.05) is 26.0 Å². The minimum Gasteiger partial charge on any atom is -0.459 e. The summed E-state index contributed by atoms with van der Waals surface area (Å²) in [5.74, 6) is 1.15. The molecule has 2 aromatic rings. The Morgan fingerprint density at radius 2 is 2.06 bits per heavy atom. The first-order valence-corrected chi connectivity index (χ1v) is 6.09. The molecule has 0 bridgehead atoms. The Balaban J connectivity index is 2.49. The molecule has 0 amide bonds. The van der Waals surface area contributed by atoms with Crippen LogP contribution in [0.25, 0.3) is 11.3 Å². The fraction of sp³-hybridized carbons (Fsp3) is 0.231. The Morgan fingerprint density at radius 3 is 2.65 bits per heavy atom. The van der Waals surface area contributed by atoms with Gasteiger partial charge in [-0.15, -0.1) is 0 Å². The molecule has 0 radical (unpaired) electrons. The second kappa shape index (κ2) is 4.63. The minimum atomic E-state index is -0.273. The Morgan fingerprint density at radius 1 is 1.35 bits per heavy atom. The van der Waals surface area contributed by atoms with Crippen molar-refractivity contribution < 1.29 is 8.81 Å². The highest BCUT2D eigenvalue weighted by Crippen LogP contribution is 2.31. The molecule has 1 aromatic carbocycles. The minimum absolute atomic E-state index is 0.145. The summed E-state index contributed by atoms with van der Waals surface area (Å²) in [4.78, 5) is 0. The van der Waals surface area contributed by atoms with Gasteiger partial charge >= 0.3 is 0 Å². The lowest BCUT2D eigenvalue weighted by Gasteiger charge is -2.05. The van der Waals surface area contributed by atoms with Crippen LogP contribution in [0.3, 0.4) is 0 Å². The Bertz CT molecular complexity index is 548. The van der Waals surface area contributed by atoms with Gasteiger partial charge in [-0.05, 0) is 59.6 Å². The lowest BCUT2D eigenvalue weighted by Crippen LogP contribution is -2.02. The van der Waals surface area contributed by atoms with Crippen molar-refractivity contribution in [3.8, 4) is 11.3 Å². The van der Waals surface area contributed by atoms with Gasteiger partial charge in [0.1, 0.15) is 17.3 Å². The van der Waals surface area contributed by atoms with Crippen molar-refractivity contribution in [3.05, 3.63) is 45.9 Å². The van der Waals surface area contributed by atoms with Crippen LogP contribution in [-0.2, 0) is 0 Å². The molecular weight excluding hydrogens is 285 g/mol. The average molecular weight is 298 g/mol. The standard InChI is InChI=1S/C13H13BrFNO/c1-7-5-11(15)10(14)6-9(7)13-4-3-12(17-13)8(2)16/h3-6,8H,16H2,1-2H3. The maximum absolute atomic E-state index is 13.3. The Labute approximate surface area is 108 Å². The van der Waals surface area contributed by atoms with Gasteiger partial charge in [0.2, 0.25) is 0 Å². The normalized spacial score (nSPS) is 12.8. The topological polar surface area (TPSA) is 39.2 Å². The molecule has 1 aromatic heterocycles. The zero-order valence-corrected chi connectivity index (χ0v) is 11.2. The van der Waals surface area contributed by atoms with E-state index in [1.165, 1.54) is 6.07 Å². The third kappa shape index (κ3) is 2.42. The van der Waals surface area contributed by atoms with Crippen LogP contribution in [0, 0.1) is 12.7 Å². The molecule has 90 valence electrons. The molecule has 2 nitrogen and oxygen atoms in total. The van der Waals surface area contributed by atoms with Gasteiger partial charge in [0, 0.05) is 5.56 Å². The zero-order chi connectivity index (χ0) is 12.6. The van der Waals surface area contributed by atoms with E-state index in [-0.39, 0.29) is 11.9 Å². The highest BCUT2D eigenvalue weighted by molar-refractivity contribution is 9.10. The molecule has 0 saturated carbocycles. The van der Waals surface area contributed by atoms with Crippen LogP contribution >= 0.6 is 15.9 Å². The number of hydrogen-bond donors (Lipinski definition) is 1. The van der Waals surface area contributed by atoms with E-state index < -0.39 is 0 Å². The van der Waals surface area contributed by atoms with Crippen LogP contribution in [-0.4, -0.2) is 0 Å². The zero-order valence-electron chi connectivity index (χ0n) is 9.63.